The SMILES string of the molecule is CCCCCCCCC(CCCCCCCC)OC([NH3+])CCC.[Cl-]. The van der Waals surface area contributed by atoms with Crippen molar-refractivity contribution in [3.8, 4) is 0 Å². The van der Waals surface area contributed by atoms with Gasteiger partial charge in [-0.15, -0.1) is 0 Å². The van der Waals surface area contributed by atoms with Crippen LogP contribution >= 0.6 is 0 Å². The Hall–Kier alpha value is 0.210. The van der Waals surface area contributed by atoms with Gasteiger partial charge in [0.05, 0.1) is 6.10 Å². The zero-order valence-electron chi connectivity index (χ0n) is 17.0. The van der Waals surface area contributed by atoms with Gasteiger partial charge in [0.25, 0.3) is 0 Å². The van der Waals surface area contributed by atoms with Gasteiger partial charge in [0, 0.05) is 6.42 Å². The fourth-order valence-corrected chi connectivity index (χ4v) is 3.25. The predicted molar refractivity (Wildman–Crippen MR) is 102 cm³/mol. The Labute approximate surface area is 159 Å². The summed E-state index contributed by atoms with van der Waals surface area (Å²) in [7, 11) is 0. The lowest BCUT2D eigenvalue weighted by molar-refractivity contribution is -0.499. The molecule has 0 fully saturated rings. The highest BCUT2D eigenvalue weighted by Crippen LogP contribution is 2.17. The Morgan fingerprint density at radius 2 is 1.00 bits per heavy atom. The zero-order valence-corrected chi connectivity index (χ0v) is 17.7. The van der Waals surface area contributed by atoms with Crippen LogP contribution in [-0.2, 0) is 4.74 Å². The Kier molecular flexibility index (Phi) is 23.4. The molecule has 0 aromatic rings. The highest BCUT2D eigenvalue weighted by molar-refractivity contribution is 4.61. The minimum absolute atomic E-state index is 0. The monoisotopic (exact) mass is 363 g/mol. The summed E-state index contributed by atoms with van der Waals surface area (Å²) in [5, 5.41) is 0. The molecule has 24 heavy (non-hydrogen) atoms. The van der Waals surface area contributed by atoms with E-state index in [2.05, 4.69) is 26.5 Å². The molecule has 0 aromatic carbocycles. The first-order valence-corrected chi connectivity index (χ1v) is 10.7. The topological polar surface area (TPSA) is 36.9 Å². The average molecular weight is 364 g/mol. The van der Waals surface area contributed by atoms with E-state index in [-0.39, 0.29) is 18.6 Å². The molecule has 0 spiro atoms. The van der Waals surface area contributed by atoms with Crippen molar-refractivity contribution in [3.63, 3.8) is 0 Å². The normalized spacial score (nSPS) is 12.4. The van der Waals surface area contributed by atoms with Crippen LogP contribution in [0.1, 0.15) is 124 Å². The fourth-order valence-electron chi connectivity index (χ4n) is 3.25. The summed E-state index contributed by atoms with van der Waals surface area (Å²) in [5.41, 5.74) is 4.18. The van der Waals surface area contributed by atoms with Crippen LogP contribution < -0.4 is 18.1 Å². The molecule has 1 atom stereocenters. The number of quaternary nitrogens is 1. The molecular weight excluding hydrogens is 318 g/mol. The van der Waals surface area contributed by atoms with Crippen molar-refractivity contribution in [2.75, 3.05) is 0 Å². The molecule has 0 saturated heterocycles. The van der Waals surface area contributed by atoms with E-state index in [0.29, 0.717) is 6.10 Å². The van der Waals surface area contributed by atoms with Crippen LogP contribution in [0.25, 0.3) is 0 Å². The van der Waals surface area contributed by atoms with E-state index in [4.69, 9.17) is 4.74 Å². The summed E-state index contributed by atoms with van der Waals surface area (Å²) in [6.07, 6.45) is 22.0. The minimum atomic E-state index is 0. The van der Waals surface area contributed by atoms with Crippen LogP contribution in [0, 0.1) is 0 Å². The third kappa shape index (κ3) is 18.5. The summed E-state index contributed by atoms with van der Waals surface area (Å²) < 4.78 is 6.24. The third-order valence-corrected chi connectivity index (χ3v) is 4.75. The number of ether oxygens (including phenoxy) is 1. The van der Waals surface area contributed by atoms with Crippen molar-refractivity contribution in [1.82, 2.24) is 0 Å². The van der Waals surface area contributed by atoms with Crippen molar-refractivity contribution in [3.05, 3.63) is 0 Å². The van der Waals surface area contributed by atoms with E-state index >= 15 is 0 Å². The molecule has 0 aromatic heterocycles. The molecule has 0 radical (unpaired) electrons. The molecule has 0 aliphatic rings. The molecule has 0 saturated carbocycles. The second-order valence-corrected chi connectivity index (χ2v) is 7.28. The second kappa shape index (κ2) is 21.3. The van der Waals surface area contributed by atoms with Crippen molar-refractivity contribution in [1.29, 1.82) is 0 Å². The summed E-state index contributed by atoms with van der Waals surface area (Å²) >= 11 is 0. The lowest BCUT2D eigenvalue weighted by atomic mass is 10.0. The Morgan fingerprint density at radius 3 is 1.42 bits per heavy atom. The maximum Gasteiger partial charge on any atom is 0.188 e. The summed E-state index contributed by atoms with van der Waals surface area (Å²) in [4.78, 5) is 0. The molecule has 0 amide bonds. The summed E-state index contributed by atoms with van der Waals surface area (Å²) in [5.74, 6) is 0. The number of halogens is 1. The average Bonchev–Trinajstić information content (AvgIpc) is 2.53. The number of rotatable bonds is 18. The molecule has 3 N–H and O–H groups in total. The first-order valence-electron chi connectivity index (χ1n) is 10.7. The summed E-state index contributed by atoms with van der Waals surface area (Å²) in [6, 6.07) is 0. The molecule has 0 bridgehead atoms. The van der Waals surface area contributed by atoms with Gasteiger partial charge in [0.15, 0.2) is 6.23 Å². The molecule has 148 valence electrons. The quantitative estimate of drug-likeness (QED) is 0.294. The van der Waals surface area contributed by atoms with Crippen LogP contribution in [0.3, 0.4) is 0 Å². The molecule has 2 nitrogen and oxygen atoms in total. The van der Waals surface area contributed by atoms with Gasteiger partial charge in [-0.1, -0.05) is 97.8 Å². The van der Waals surface area contributed by atoms with E-state index in [1.807, 2.05) is 0 Å². The van der Waals surface area contributed by atoms with Gasteiger partial charge in [0.1, 0.15) is 0 Å². The fraction of sp³-hybridized carbons (Fsp3) is 1.00. The zero-order chi connectivity index (χ0) is 17.2. The molecule has 0 rings (SSSR count). The van der Waals surface area contributed by atoms with Gasteiger partial charge in [-0.2, -0.15) is 0 Å². The molecule has 0 heterocycles. The van der Waals surface area contributed by atoms with E-state index in [9.17, 15) is 0 Å². The first kappa shape index (κ1) is 26.4. The number of hydrogen-bond donors (Lipinski definition) is 1. The van der Waals surface area contributed by atoms with Crippen LogP contribution in [0.15, 0.2) is 0 Å². The largest absolute Gasteiger partial charge is 1.00 e. The van der Waals surface area contributed by atoms with Crippen LogP contribution in [0.4, 0.5) is 0 Å². The van der Waals surface area contributed by atoms with E-state index < -0.39 is 0 Å². The number of hydrogen-bond acceptors (Lipinski definition) is 1. The van der Waals surface area contributed by atoms with Crippen molar-refractivity contribution < 1.29 is 22.9 Å². The lowest BCUT2D eigenvalue weighted by Gasteiger charge is -2.20. The molecule has 1 unspecified atom stereocenters. The third-order valence-electron chi connectivity index (χ3n) is 4.75. The Balaban J connectivity index is 0. The molecule has 0 aliphatic heterocycles. The number of unbranched alkanes of at least 4 members (excludes halogenated alkanes) is 10. The van der Waals surface area contributed by atoms with Crippen LogP contribution in [0.5, 0.6) is 0 Å². The van der Waals surface area contributed by atoms with Crippen LogP contribution in [0.2, 0.25) is 0 Å². The molecular formula is C21H46ClNO. The van der Waals surface area contributed by atoms with Gasteiger partial charge in [-0.25, -0.2) is 0 Å². The van der Waals surface area contributed by atoms with E-state index in [1.165, 1.54) is 96.3 Å². The van der Waals surface area contributed by atoms with Crippen molar-refractivity contribution in [2.45, 2.75) is 136 Å². The van der Waals surface area contributed by atoms with Crippen LogP contribution in [-0.4, -0.2) is 12.3 Å². The maximum absolute atomic E-state index is 6.24. The smallest absolute Gasteiger partial charge is 0.188 e. The second-order valence-electron chi connectivity index (χ2n) is 7.28. The van der Waals surface area contributed by atoms with Crippen molar-refractivity contribution >= 4 is 0 Å². The van der Waals surface area contributed by atoms with Gasteiger partial charge < -0.3 is 22.9 Å². The maximum atomic E-state index is 6.24. The standard InChI is InChI=1S/C21H45NO.ClH/c1-4-7-9-11-13-15-18-20(23-21(22)17-6-3)19-16-14-12-10-8-5-2;/h20-21H,4-19,22H2,1-3H3;1H. The van der Waals surface area contributed by atoms with E-state index in [0.717, 1.165) is 6.42 Å². The predicted octanol–water partition coefficient (Wildman–Crippen LogP) is 3.24. The van der Waals surface area contributed by atoms with Gasteiger partial charge >= 0.3 is 0 Å². The Bertz CT molecular complexity index is 210. The highest BCUT2D eigenvalue weighted by atomic mass is 35.5. The van der Waals surface area contributed by atoms with Gasteiger partial charge in [-0.05, 0) is 19.3 Å². The summed E-state index contributed by atoms with van der Waals surface area (Å²) in [6.45, 7) is 6.79. The van der Waals surface area contributed by atoms with Gasteiger partial charge in [0.2, 0.25) is 0 Å². The van der Waals surface area contributed by atoms with E-state index in [1.54, 1.807) is 0 Å². The highest BCUT2D eigenvalue weighted by Gasteiger charge is 2.15. The lowest BCUT2D eigenvalue weighted by Crippen LogP contribution is -3.00. The molecule has 0 aliphatic carbocycles. The molecule has 3 heteroatoms. The minimum Gasteiger partial charge on any atom is -1.00 e. The van der Waals surface area contributed by atoms with Gasteiger partial charge in [-0.3, -0.25) is 0 Å². The first-order chi connectivity index (χ1) is 11.2. The van der Waals surface area contributed by atoms with Crippen molar-refractivity contribution in [2.24, 2.45) is 0 Å². The Morgan fingerprint density at radius 1 is 0.583 bits per heavy atom.